The zero-order valence-corrected chi connectivity index (χ0v) is 46.6. The van der Waals surface area contributed by atoms with E-state index in [0.29, 0.717) is 25.9 Å². The van der Waals surface area contributed by atoms with Crippen LogP contribution in [0.25, 0.3) is 0 Å². The van der Waals surface area contributed by atoms with Crippen molar-refractivity contribution in [3.8, 4) is 0 Å². The van der Waals surface area contributed by atoms with Crippen LogP contribution < -0.4 is 5.32 Å². The van der Waals surface area contributed by atoms with Crippen LogP contribution in [0, 0.1) is 0 Å². The summed E-state index contributed by atoms with van der Waals surface area (Å²) in [7, 11) is 0. The van der Waals surface area contributed by atoms with Gasteiger partial charge >= 0.3 is 5.97 Å². The summed E-state index contributed by atoms with van der Waals surface area (Å²) in [6, 6.07) is -0.560. The van der Waals surface area contributed by atoms with Gasteiger partial charge in [-0.2, -0.15) is 0 Å². The average molecular weight is 973 g/mol. The molecule has 0 heterocycles. The van der Waals surface area contributed by atoms with Crippen LogP contribution in [-0.4, -0.2) is 47.4 Å². The van der Waals surface area contributed by atoms with E-state index >= 15 is 0 Å². The van der Waals surface area contributed by atoms with Crippen molar-refractivity contribution in [2.75, 3.05) is 13.2 Å². The first-order valence-electron chi connectivity index (χ1n) is 31.1. The van der Waals surface area contributed by atoms with Gasteiger partial charge in [0.2, 0.25) is 5.91 Å². The number of carbonyl (C=O) groups excluding carboxylic acids is 2. The first-order chi connectivity index (χ1) is 34.0. The lowest BCUT2D eigenvalue weighted by Crippen LogP contribution is -2.45. The minimum Gasteiger partial charge on any atom is -0.466 e. The van der Waals surface area contributed by atoms with Crippen molar-refractivity contribution in [3.63, 3.8) is 0 Å². The number of hydrogen-bond acceptors (Lipinski definition) is 5. The van der Waals surface area contributed by atoms with Gasteiger partial charge in [0.25, 0.3) is 0 Å². The molecule has 69 heavy (non-hydrogen) atoms. The number of amides is 1. The highest BCUT2D eigenvalue weighted by Gasteiger charge is 2.20. The molecular weight excluding hydrogens is 851 g/mol. The normalized spacial score (nSPS) is 12.7. The van der Waals surface area contributed by atoms with E-state index in [1.165, 1.54) is 244 Å². The molecule has 0 aromatic heterocycles. The lowest BCUT2D eigenvalue weighted by Gasteiger charge is -2.22. The van der Waals surface area contributed by atoms with Crippen LogP contribution in [0.4, 0.5) is 0 Å². The lowest BCUT2D eigenvalue weighted by atomic mass is 10.0. The molecule has 0 spiro atoms. The van der Waals surface area contributed by atoms with Gasteiger partial charge in [-0.05, 0) is 57.8 Å². The number of esters is 1. The second-order valence-corrected chi connectivity index (χ2v) is 21.4. The Morgan fingerprint density at radius 2 is 0.725 bits per heavy atom. The Balaban J connectivity index is 3.46. The van der Waals surface area contributed by atoms with Gasteiger partial charge in [0.1, 0.15) is 0 Å². The number of nitrogens with one attached hydrogen (secondary N) is 1. The summed E-state index contributed by atoms with van der Waals surface area (Å²) in [6.45, 7) is 4.91. The Labute approximate surface area is 431 Å². The first kappa shape index (κ1) is 67.3. The number of carbonyl (C=O) groups is 2. The maximum absolute atomic E-state index is 12.5. The first-order valence-corrected chi connectivity index (χ1v) is 31.1. The predicted octanol–water partition coefficient (Wildman–Crippen LogP) is 19.4. The quantitative estimate of drug-likeness (QED) is 0.0321. The van der Waals surface area contributed by atoms with Crippen LogP contribution in [0.2, 0.25) is 0 Å². The molecule has 408 valence electrons. The molecule has 6 heteroatoms. The summed E-state index contributed by atoms with van der Waals surface area (Å²) in [5.41, 5.74) is 0. The Bertz CT molecular complexity index is 1080. The van der Waals surface area contributed by atoms with Gasteiger partial charge in [-0.15, -0.1) is 0 Å². The predicted molar refractivity (Wildman–Crippen MR) is 301 cm³/mol. The van der Waals surface area contributed by atoms with Crippen LogP contribution in [-0.2, 0) is 14.3 Å². The number of allylic oxidation sites excluding steroid dienone is 4. The molecule has 6 nitrogen and oxygen atoms in total. The fourth-order valence-electron chi connectivity index (χ4n) is 9.73. The molecule has 0 rings (SSSR count). The molecule has 0 radical (unpaired) electrons. The largest absolute Gasteiger partial charge is 0.466 e. The van der Waals surface area contributed by atoms with Gasteiger partial charge in [-0.1, -0.05) is 295 Å². The van der Waals surface area contributed by atoms with Gasteiger partial charge in [0.15, 0.2) is 0 Å². The Hall–Kier alpha value is -1.66. The van der Waals surface area contributed by atoms with Crippen LogP contribution in [0.3, 0.4) is 0 Å². The smallest absolute Gasteiger partial charge is 0.305 e. The third kappa shape index (κ3) is 55.5. The molecule has 0 aromatic carbocycles. The number of rotatable bonds is 58. The summed E-state index contributed by atoms with van der Waals surface area (Å²) >= 11 is 0. The zero-order valence-electron chi connectivity index (χ0n) is 46.6. The van der Waals surface area contributed by atoms with Gasteiger partial charge in [-0.3, -0.25) is 9.59 Å². The van der Waals surface area contributed by atoms with Crippen molar-refractivity contribution in [3.05, 3.63) is 24.3 Å². The Morgan fingerprint density at radius 1 is 0.406 bits per heavy atom. The molecule has 0 aliphatic carbocycles. The van der Waals surface area contributed by atoms with E-state index in [2.05, 4.69) is 43.5 Å². The highest BCUT2D eigenvalue weighted by Crippen LogP contribution is 2.18. The number of aliphatic hydroxyl groups excluding tert-OH is 2. The summed E-state index contributed by atoms with van der Waals surface area (Å²) < 4.78 is 5.47. The number of aliphatic hydroxyl groups is 2. The number of unbranched alkanes of at least 4 members (excludes halogenated alkanes) is 43. The topological polar surface area (TPSA) is 95.9 Å². The van der Waals surface area contributed by atoms with E-state index in [1.807, 2.05) is 0 Å². The molecule has 0 aliphatic rings. The third-order valence-electron chi connectivity index (χ3n) is 14.5. The lowest BCUT2D eigenvalue weighted by molar-refractivity contribution is -0.143. The highest BCUT2D eigenvalue weighted by atomic mass is 16.5. The van der Waals surface area contributed by atoms with Gasteiger partial charge in [0, 0.05) is 12.8 Å². The molecule has 0 fully saturated rings. The standard InChI is InChI=1S/C63H121NO5/c1-3-5-7-9-11-13-15-17-19-21-23-24-25-26-27-28-29-31-33-35-39-43-47-51-55-61(66)60(59-65)64-62(67)56-52-48-44-40-37-38-42-46-50-54-58-69-63(68)57-53-49-45-41-36-34-32-30-22-20-18-16-14-12-10-8-6-4-2/h14,16,20,22,60-61,65-66H,3-13,15,17-19,21,23-59H2,1-2H3,(H,64,67)/b16-14-,22-20-. The van der Waals surface area contributed by atoms with E-state index in [4.69, 9.17) is 4.74 Å². The maximum atomic E-state index is 12.5. The zero-order chi connectivity index (χ0) is 50.0. The van der Waals surface area contributed by atoms with Gasteiger partial charge in [-0.25, -0.2) is 0 Å². The number of ether oxygens (including phenoxy) is 1. The summed E-state index contributed by atoms with van der Waals surface area (Å²) in [5.74, 6) is -0.0795. The molecule has 0 saturated carbocycles. The fraction of sp³-hybridized carbons (Fsp3) is 0.905. The van der Waals surface area contributed by atoms with E-state index in [0.717, 1.165) is 64.2 Å². The summed E-state index contributed by atoms with van der Waals surface area (Å²) in [5, 5.41) is 23.4. The van der Waals surface area contributed by atoms with Crippen LogP contribution in [0.1, 0.15) is 341 Å². The van der Waals surface area contributed by atoms with Crippen molar-refractivity contribution >= 4 is 11.9 Å². The maximum Gasteiger partial charge on any atom is 0.305 e. The minimum absolute atomic E-state index is 0.0248. The van der Waals surface area contributed by atoms with E-state index in [-0.39, 0.29) is 18.5 Å². The molecule has 0 aliphatic heterocycles. The van der Waals surface area contributed by atoms with Crippen LogP contribution >= 0.6 is 0 Å². The van der Waals surface area contributed by atoms with E-state index < -0.39 is 12.1 Å². The molecule has 2 unspecified atom stereocenters. The van der Waals surface area contributed by atoms with Crippen molar-refractivity contribution in [2.24, 2.45) is 0 Å². The molecule has 0 aromatic rings. The van der Waals surface area contributed by atoms with E-state index in [1.54, 1.807) is 0 Å². The molecule has 0 bridgehead atoms. The monoisotopic (exact) mass is 972 g/mol. The fourth-order valence-corrected chi connectivity index (χ4v) is 9.73. The number of hydrogen-bond donors (Lipinski definition) is 3. The van der Waals surface area contributed by atoms with Crippen molar-refractivity contribution in [1.82, 2.24) is 5.32 Å². The Morgan fingerprint density at radius 3 is 1.12 bits per heavy atom. The van der Waals surface area contributed by atoms with Crippen LogP contribution in [0.5, 0.6) is 0 Å². The molecule has 0 saturated heterocycles. The molecule has 1 amide bonds. The van der Waals surface area contributed by atoms with Gasteiger partial charge < -0.3 is 20.3 Å². The van der Waals surface area contributed by atoms with E-state index in [9.17, 15) is 19.8 Å². The van der Waals surface area contributed by atoms with Crippen LogP contribution in [0.15, 0.2) is 24.3 Å². The Kier molecular flexibility index (Phi) is 57.5. The van der Waals surface area contributed by atoms with Crippen molar-refractivity contribution < 1.29 is 24.5 Å². The van der Waals surface area contributed by atoms with Crippen molar-refractivity contribution in [1.29, 1.82) is 0 Å². The minimum atomic E-state index is -0.681. The SMILES string of the molecule is CCCCCC/C=C\C/C=C\CCCCCCCCCC(=O)OCCCCCCCCCCCCC(=O)NC(CO)C(O)CCCCCCCCCCCCCCCCCCCCCCCCCC. The summed E-state index contributed by atoms with van der Waals surface area (Å²) in [4.78, 5) is 24.6. The highest BCUT2D eigenvalue weighted by molar-refractivity contribution is 5.76. The molecular formula is C63H121NO5. The average Bonchev–Trinajstić information content (AvgIpc) is 3.35. The summed E-state index contributed by atoms with van der Waals surface area (Å²) in [6.07, 6.45) is 71.8. The molecule has 3 N–H and O–H groups in total. The second-order valence-electron chi connectivity index (χ2n) is 21.4. The van der Waals surface area contributed by atoms with Crippen molar-refractivity contribution in [2.45, 2.75) is 353 Å². The second kappa shape index (κ2) is 58.9. The molecule has 2 atom stereocenters. The third-order valence-corrected chi connectivity index (χ3v) is 14.5. The van der Waals surface area contributed by atoms with Gasteiger partial charge in [0.05, 0.1) is 25.4 Å².